The van der Waals surface area contributed by atoms with Crippen LogP contribution in [-0.2, 0) is 4.79 Å². The highest BCUT2D eigenvalue weighted by atomic mass is 16.1. The average Bonchev–Trinajstić information content (AvgIpc) is 2.26. The second-order valence-electron chi connectivity index (χ2n) is 3.95. The molecule has 0 spiro atoms. The maximum Gasteiger partial charge on any atom is 0.250 e. The van der Waals surface area contributed by atoms with Gasteiger partial charge in [-0.15, -0.1) is 0 Å². The van der Waals surface area contributed by atoms with Gasteiger partial charge in [0.05, 0.1) is 0 Å². The summed E-state index contributed by atoms with van der Waals surface area (Å²) in [6, 6.07) is 0. The summed E-state index contributed by atoms with van der Waals surface area (Å²) < 4.78 is 0. The normalized spacial score (nSPS) is 13.6. The van der Waals surface area contributed by atoms with Gasteiger partial charge in [-0.2, -0.15) is 0 Å². The van der Waals surface area contributed by atoms with E-state index in [0.717, 1.165) is 12.0 Å². The van der Waals surface area contributed by atoms with Gasteiger partial charge in [-0.05, 0) is 30.9 Å². The standard InChI is InChI=1S/C14H23NO/c1-6-8-12(11(3)4)10-13(9-7-2)14(16)15-5/h6,8-11H,7H2,1-5H3,(H,15,16)/b8-6-,12-10+,13-9-. The lowest BCUT2D eigenvalue weighted by atomic mass is 9.99. The van der Waals surface area contributed by atoms with Crippen molar-refractivity contribution in [1.29, 1.82) is 0 Å². The third-order valence-corrected chi connectivity index (χ3v) is 2.26. The Morgan fingerprint density at radius 3 is 2.38 bits per heavy atom. The number of hydrogen-bond acceptors (Lipinski definition) is 1. The van der Waals surface area contributed by atoms with Crippen molar-refractivity contribution >= 4 is 5.91 Å². The molecule has 0 fully saturated rings. The van der Waals surface area contributed by atoms with Crippen molar-refractivity contribution < 1.29 is 4.79 Å². The number of amides is 1. The van der Waals surface area contributed by atoms with Gasteiger partial charge < -0.3 is 5.32 Å². The number of carbonyl (C=O) groups is 1. The molecule has 0 aromatic carbocycles. The lowest BCUT2D eigenvalue weighted by Crippen LogP contribution is -2.19. The Labute approximate surface area is 99.1 Å². The SMILES string of the molecule is C\C=C/C(=C\C(=C\CC)C(=O)NC)C(C)C. The third-order valence-electron chi connectivity index (χ3n) is 2.26. The zero-order valence-corrected chi connectivity index (χ0v) is 11.0. The Morgan fingerprint density at radius 2 is 2.00 bits per heavy atom. The van der Waals surface area contributed by atoms with Crippen molar-refractivity contribution in [2.75, 3.05) is 7.05 Å². The summed E-state index contributed by atoms with van der Waals surface area (Å²) in [4.78, 5) is 11.6. The van der Waals surface area contributed by atoms with Crippen molar-refractivity contribution in [3.8, 4) is 0 Å². The molecule has 0 heterocycles. The maximum atomic E-state index is 11.6. The second kappa shape index (κ2) is 7.91. The summed E-state index contributed by atoms with van der Waals surface area (Å²) in [6.07, 6.45) is 8.83. The Balaban J connectivity index is 5.15. The van der Waals surface area contributed by atoms with E-state index in [2.05, 4.69) is 25.2 Å². The molecular formula is C14H23NO. The molecule has 2 nitrogen and oxygen atoms in total. The highest BCUT2D eigenvalue weighted by Crippen LogP contribution is 2.14. The van der Waals surface area contributed by atoms with Crippen LogP contribution < -0.4 is 5.32 Å². The summed E-state index contributed by atoms with van der Waals surface area (Å²) in [7, 11) is 1.66. The first-order chi connectivity index (χ1) is 7.56. The van der Waals surface area contributed by atoms with Crippen LogP contribution in [-0.4, -0.2) is 13.0 Å². The van der Waals surface area contributed by atoms with E-state index < -0.39 is 0 Å². The highest BCUT2D eigenvalue weighted by Gasteiger charge is 2.06. The summed E-state index contributed by atoms with van der Waals surface area (Å²) >= 11 is 0. The second-order valence-corrected chi connectivity index (χ2v) is 3.95. The van der Waals surface area contributed by atoms with E-state index in [1.54, 1.807) is 7.05 Å². The number of likely N-dealkylation sites (N-methyl/N-ethyl adjacent to an activating group) is 1. The molecule has 0 unspecified atom stereocenters. The van der Waals surface area contributed by atoms with Gasteiger partial charge in [-0.1, -0.05) is 39.0 Å². The Kier molecular flexibility index (Phi) is 7.27. The zero-order chi connectivity index (χ0) is 12.6. The van der Waals surface area contributed by atoms with Crippen molar-refractivity contribution in [3.63, 3.8) is 0 Å². The predicted molar refractivity (Wildman–Crippen MR) is 70.2 cm³/mol. The van der Waals surface area contributed by atoms with Crippen LogP contribution in [0.5, 0.6) is 0 Å². The van der Waals surface area contributed by atoms with Crippen LogP contribution in [0.3, 0.4) is 0 Å². The fourth-order valence-corrected chi connectivity index (χ4v) is 1.36. The first-order valence-electron chi connectivity index (χ1n) is 5.83. The summed E-state index contributed by atoms with van der Waals surface area (Å²) in [6.45, 7) is 8.26. The molecule has 0 rings (SSSR count). The van der Waals surface area contributed by atoms with E-state index in [4.69, 9.17) is 0 Å². The Bertz CT molecular complexity index is 309. The number of rotatable bonds is 5. The van der Waals surface area contributed by atoms with Gasteiger partial charge in [-0.25, -0.2) is 0 Å². The van der Waals surface area contributed by atoms with E-state index in [1.165, 1.54) is 5.57 Å². The van der Waals surface area contributed by atoms with Crippen LogP contribution in [0.2, 0.25) is 0 Å². The van der Waals surface area contributed by atoms with Crippen molar-refractivity contribution in [2.24, 2.45) is 5.92 Å². The first-order valence-corrected chi connectivity index (χ1v) is 5.83. The summed E-state index contributed by atoms with van der Waals surface area (Å²) in [5.41, 5.74) is 1.91. The van der Waals surface area contributed by atoms with Crippen molar-refractivity contribution in [1.82, 2.24) is 5.32 Å². The first kappa shape index (κ1) is 14.7. The predicted octanol–water partition coefficient (Wildman–Crippen LogP) is 3.23. The van der Waals surface area contributed by atoms with Gasteiger partial charge in [0.2, 0.25) is 0 Å². The summed E-state index contributed by atoms with van der Waals surface area (Å²) in [5, 5.41) is 2.66. The minimum atomic E-state index is -0.0236. The highest BCUT2D eigenvalue weighted by molar-refractivity contribution is 5.96. The molecule has 0 saturated heterocycles. The molecule has 0 aliphatic rings. The lowest BCUT2D eigenvalue weighted by Gasteiger charge is -2.08. The summed E-state index contributed by atoms with van der Waals surface area (Å²) in [5.74, 6) is 0.394. The molecular weight excluding hydrogens is 198 g/mol. The minimum Gasteiger partial charge on any atom is -0.355 e. The Hall–Kier alpha value is -1.31. The quantitative estimate of drug-likeness (QED) is 0.560. The number of nitrogens with one attached hydrogen (secondary N) is 1. The molecule has 0 aromatic heterocycles. The van der Waals surface area contributed by atoms with Gasteiger partial charge in [0.25, 0.3) is 5.91 Å². The monoisotopic (exact) mass is 221 g/mol. The van der Waals surface area contributed by atoms with Crippen LogP contribution in [0, 0.1) is 5.92 Å². The molecule has 0 aliphatic carbocycles. The van der Waals surface area contributed by atoms with Crippen molar-refractivity contribution in [2.45, 2.75) is 34.1 Å². The van der Waals surface area contributed by atoms with Crippen LogP contribution in [0.15, 0.2) is 35.5 Å². The Morgan fingerprint density at radius 1 is 1.38 bits per heavy atom. The number of allylic oxidation sites excluding steroid dienone is 4. The molecule has 0 radical (unpaired) electrons. The van der Waals surface area contributed by atoms with Crippen LogP contribution >= 0.6 is 0 Å². The fraction of sp³-hybridized carbons (Fsp3) is 0.500. The molecule has 1 N–H and O–H groups in total. The molecule has 2 heteroatoms. The van der Waals surface area contributed by atoms with E-state index in [-0.39, 0.29) is 5.91 Å². The van der Waals surface area contributed by atoms with E-state index in [9.17, 15) is 4.79 Å². The molecule has 90 valence electrons. The van der Waals surface area contributed by atoms with Crippen LogP contribution in [0.1, 0.15) is 34.1 Å². The van der Waals surface area contributed by atoms with Gasteiger partial charge >= 0.3 is 0 Å². The fourth-order valence-electron chi connectivity index (χ4n) is 1.36. The smallest absolute Gasteiger partial charge is 0.250 e. The zero-order valence-electron chi connectivity index (χ0n) is 11.0. The largest absolute Gasteiger partial charge is 0.355 e. The number of carbonyl (C=O) groups excluding carboxylic acids is 1. The lowest BCUT2D eigenvalue weighted by molar-refractivity contribution is -0.116. The molecule has 0 aromatic rings. The average molecular weight is 221 g/mol. The topological polar surface area (TPSA) is 29.1 Å². The van der Waals surface area contributed by atoms with E-state index in [0.29, 0.717) is 5.92 Å². The third kappa shape index (κ3) is 4.96. The van der Waals surface area contributed by atoms with Gasteiger partial charge in [0.1, 0.15) is 0 Å². The molecule has 0 atom stereocenters. The van der Waals surface area contributed by atoms with Gasteiger partial charge in [0.15, 0.2) is 0 Å². The van der Waals surface area contributed by atoms with E-state index in [1.807, 2.05) is 32.1 Å². The molecule has 0 saturated carbocycles. The maximum absolute atomic E-state index is 11.6. The molecule has 1 amide bonds. The van der Waals surface area contributed by atoms with Gasteiger partial charge in [-0.3, -0.25) is 4.79 Å². The molecule has 0 aliphatic heterocycles. The molecule has 16 heavy (non-hydrogen) atoms. The van der Waals surface area contributed by atoms with Crippen LogP contribution in [0.4, 0.5) is 0 Å². The minimum absolute atomic E-state index is 0.0236. The molecule has 0 bridgehead atoms. The van der Waals surface area contributed by atoms with Gasteiger partial charge in [0, 0.05) is 12.6 Å². The number of hydrogen-bond donors (Lipinski definition) is 1. The van der Waals surface area contributed by atoms with Crippen LogP contribution in [0.25, 0.3) is 0 Å². The van der Waals surface area contributed by atoms with Crippen molar-refractivity contribution in [3.05, 3.63) is 35.5 Å². The van der Waals surface area contributed by atoms with E-state index >= 15 is 0 Å².